The van der Waals surface area contributed by atoms with Crippen molar-refractivity contribution in [3.8, 4) is 0 Å². The highest BCUT2D eigenvalue weighted by Crippen LogP contribution is 2.31. The second-order valence-corrected chi connectivity index (χ2v) is 5.61. The van der Waals surface area contributed by atoms with Crippen LogP contribution < -0.4 is 0 Å². The zero-order valence-electron chi connectivity index (χ0n) is 12.9. The van der Waals surface area contributed by atoms with Crippen LogP contribution in [-0.2, 0) is 19.1 Å². The molecule has 0 unspecified atom stereocenters. The fourth-order valence-electron chi connectivity index (χ4n) is 2.47. The minimum atomic E-state index is -0.225. The normalized spacial score (nSPS) is 19.3. The van der Waals surface area contributed by atoms with Crippen molar-refractivity contribution in [2.75, 3.05) is 52.5 Å². The third kappa shape index (κ3) is 5.63. The summed E-state index contributed by atoms with van der Waals surface area (Å²) in [6.45, 7) is 7.57. The fraction of sp³-hybridized carbons (Fsp3) is 0.867. The number of esters is 1. The van der Waals surface area contributed by atoms with Crippen LogP contribution >= 0.6 is 0 Å². The average Bonchev–Trinajstić information content (AvgIpc) is 3.33. The number of rotatable bonds is 8. The summed E-state index contributed by atoms with van der Waals surface area (Å²) in [6.07, 6.45) is 2.27. The van der Waals surface area contributed by atoms with Gasteiger partial charge in [-0.2, -0.15) is 0 Å². The smallest absolute Gasteiger partial charge is 0.307 e. The van der Waals surface area contributed by atoms with E-state index in [1.165, 1.54) is 0 Å². The zero-order chi connectivity index (χ0) is 15.1. The summed E-state index contributed by atoms with van der Waals surface area (Å²) in [4.78, 5) is 27.9. The number of ether oxygens (including phenoxy) is 2. The lowest BCUT2D eigenvalue weighted by Crippen LogP contribution is -2.44. The molecule has 0 aromatic heterocycles. The zero-order valence-corrected chi connectivity index (χ0v) is 12.9. The molecule has 1 aliphatic carbocycles. The first kappa shape index (κ1) is 16.2. The number of carbonyl (C=O) groups is 2. The van der Waals surface area contributed by atoms with E-state index < -0.39 is 0 Å². The maximum absolute atomic E-state index is 12.3. The average molecular weight is 298 g/mol. The Labute approximate surface area is 126 Å². The molecule has 1 heterocycles. The van der Waals surface area contributed by atoms with Crippen LogP contribution in [-0.4, -0.2) is 74.2 Å². The van der Waals surface area contributed by atoms with Crippen molar-refractivity contribution < 1.29 is 19.1 Å². The molecule has 6 heteroatoms. The van der Waals surface area contributed by atoms with Gasteiger partial charge in [0.2, 0.25) is 5.91 Å². The summed E-state index contributed by atoms with van der Waals surface area (Å²) in [6, 6.07) is 0. The maximum Gasteiger partial charge on any atom is 0.307 e. The molecule has 0 aromatic carbocycles. The standard InChI is InChI=1S/C15H26N2O4/c1-2-21-14(18)5-6-17(15(19)13-3-4-13)8-7-16-9-11-20-12-10-16/h13H,2-12H2,1H3. The third-order valence-electron chi connectivity index (χ3n) is 3.92. The van der Waals surface area contributed by atoms with Gasteiger partial charge in [-0.05, 0) is 19.8 Å². The van der Waals surface area contributed by atoms with Gasteiger partial charge in [0.25, 0.3) is 0 Å². The first-order valence-corrected chi connectivity index (χ1v) is 7.95. The summed E-state index contributed by atoms with van der Waals surface area (Å²) >= 11 is 0. The molecule has 6 nitrogen and oxygen atoms in total. The molecular formula is C15H26N2O4. The molecule has 2 aliphatic rings. The summed E-state index contributed by atoms with van der Waals surface area (Å²) < 4.78 is 10.3. The Kier molecular flexibility index (Phi) is 6.45. The molecule has 2 fully saturated rings. The number of amides is 1. The maximum atomic E-state index is 12.3. The van der Waals surface area contributed by atoms with Gasteiger partial charge in [0.05, 0.1) is 26.2 Å². The van der Waals surface area contributed by atoms with Crippen molar-refractivity contribution in [2.24, 2.45) is 5.92 Å². The van der Waals surface area contributed by atoms with Crippen LogP contribution in [0.15, 0.2) is 0 Å². The van der Waals surface area contributed by atoms with E-state index in [0.717, 1.165) is 45.7 Å². The van der Waals surface area contributed by atoms with Crippen molar-refractivity contribution in [1.82, 2.24) is 9.80 Å². The molecule has 120 valence electrons. The number of morpholine rings is 1. The monoisotopic (exact) mass is 298 g/mol. The van der Waals surface area contributed by atoms with Crippen LogP contribution in [0.5, 0.6) is 0 Å². The van der Waals surface area contributed by atoms with Crippen molar-refractivity contribution in [3.63, 3.8) is 0 Å². The first-order valence-electron chi connectivity index (χ1n) is 7.95. The SMILES string of the molecule is CCOC(=O)CCN(CCN1CCOCC1)C(=O)C1CC1. The molecular weight excluding hydrogens is 272 g/mol. The Balaban J connectivity index is 1.77. The lowest BCUT2D eigenvalue weighted by molar-refractivity contribution is -0.144. The van der Waals surface area contributed by atoms with Gasteiger partial charge in [0.1, 0.15) is 0 Å². The molecule has 1 aliphatic heterocycles. The molecule has 0 spiro atoms. The quantitative estimate of drug-likeness (QED) is 0.611. The Morgan fingerprint density at radius 2 is 1.95 bits per heavy atom. The topological polar surface area (TPSA) is 59.1 Å². The van der Waals surface area contributed by atoms with E-state index >= 15 is 0 Å². The van der Waals surface area contributed by atoms with Crippen molar-refractivity contribution in [1.29, 1.82) is 0 Å². The molecule has 1 saturated carbocycles. The van der Waals surface area contributed by atoms with Crippen LogP contribution in [0.2, 0.25) is 0 Å². The summed E-state index contributed by atoms with van der Waals surface area (Å²) in [5.74, 6) is 0.168. The highest BCUT2D eigenvalue weighted by molar-refractivity contribution is 5.81. The van der Waals surface area contributed by atoms with E-state index in [1.54, 1.807) is 6.92 Å². The fourth-order valence-corrected chi connectivity index (χ4v) is 2.47. The lowest BCUT2D eigenvalue weighted by atomic mass is 10.3. The van der Waals surface area contributed by atoms with Crippen LogP contribution in [0.3, 0.4) is 0 Å². The van der Waals surface area contributed by atoms with Gasteiger partial charge in [0, 0.05) is 38.6 Å². The molecule has 0 radical (unpaired) electrons. The Bertz CT molecular complexity index is 352. The third-order valence-corrected chi connectivity index (χ3v) is 3.92. The van der Waals surface area contributed by atoms with Gasteiger partial charge in [-0.3, -0.25) is 14.5 Å². The number of hydrogen-bond donors (Lipinski definition) is 0. The van der Waals surface area contributed by atoms with Crippen LogP contribution in [0.1, 0.15) is 26.2 Å². The van der Waals surface area contributed by atoms with Crippen LogP contribution in [0, 0.1) is 5.92 Å². The van der Waals surface area contributed by atoms with E-state index in [2.05, 4.69) is 4.90 Å². The van der Waals surface area contributed by atoms with E-state index in [-0.39, 0.29) is 24.2 Å². The summed E-state index contributed by atoms with van der Waals surface area (Å²) in [7, 11) is 0. The largest absolute Gasteiger partial charge is 0.466 e. The van der Waals surface area contributed by atoms with E-state index in [0.29, 0.717) is 19.7 Å². The number of hydrogen-bond acceptors (Lipinski definition) is 5. The van der Waals surface area contributed by atoms with Crippen LogP contribution in [0.4, 0.5) is 0 Å². The van der Waals surface area contributed by atoms with Crippen LogP contribution in [0.25, 0.3) is 0 Å². The van der Waals surface area contributed by atoms with E-state index in [9.17, 15) is 9.59 Å². The molecule has 1 amide bonds. The molecule has 2 rings (SSSR count). The Morgan fingerprint density at radius 1 is 1.24 bits per heavy atom. The molecule has 21 heavy (non-hydrogen) atoms. The van der Waals surface area contributed by atoms with Gasteiger partial charge in [-0.15, -0.1) is 0 Å². The van der Waals surface area contributed by atoms with Crippen molar-refractivity contribution >= 4 is 11.9 Å². The van der Waals surface area contributed by atoms with Crippen molar-refractivity contribution in [3.05, 3.63) is 0 Å². The van der Waals surface area contributed by atoms with E-state index in [1.807, 2.05) is 4.90 Å². The number of carbonyl (C=O) groups excluding carboxylic acids is 2. The molecule has 0 atom stereocenters. The van der Waals surface area contributed by atoms with Gasteiger partial charge in [-0.1, -0.05) is 0 Å². The van der Waals surface area contributed by atoms with Gasteiger partial charge < -0.3 is 14.4 Å². The summed E-state index contributed by atoms with van der Waals surface area (Å²) in [5.41, 5.74) is 0. The highest BCUT2D eigenvalue weighted by Gasteiger charge is 2.33. The second-order valence-electron chi connectivity index (χ2n) is 5.61. The Morgan fingerprint density at radius 3 is 2.57 bits per heavy atom. The van der Waals surface area contributed by atoms with Gasteiger partial charge >= 0.3 is 5.97 Å². The number of nitrogens with zero attached hydrogens (tertiary/aromatic N) is 2. The Hall–Kier alpha value is -1.14. The lowest BCUT2D eigenvalue weighted by Gasteiger charge is -2.30. The second kappa shape index (κ2) is 8.34. The highest BCUT2D eigenvalue weighted by atomic mass is 16.5. The van der Waals surface area contributed by atoms with E-state index in [4.69, 9.17) is 9.47 Å². The molecule has 0 bridgehead atoms. The molecule has 0 N–H and O–H groups in total. The minimum Gasteiger partial charge on any atom is -0.466 e. The first-order chi connectivity index (χ1) is 10.2. The minimum absolute atomic E-state index is 0.192. The van der Waals surface area contributed by atoms with Gasteiger partial charge in [-0.25, -0.2) is 0 Å². The summed E-state index contributed by atoms with van der Waals surface area (Å²) in [5, 5.41) is 0. The predicted octanol–water partition coefficient (Wildman–Crippen LogP) is 0.510. The molecule has 0 aromatic rings. The van der Waals surface area contributed by atoms with Gasteiger partial charge in [0.15, 0.2) is 0 Å². The molecule has 1 saturated heterocycles. The predicted molar refractivity (Wildman–Crippen MR) is 77.8 cm³/mol. The van der Waals surface area contributed by atoms with Crippen molar-refractivity contribution in [2.45, 2.75) is 26.2 Å².